The standard InChI is InChI=1S/C19H22F3N3O2.HI/c1-3-26-16-9-5-4-7-13(16)11-24-19(23-2)25-12-14-15(20)8-6-10-17(14)27-18(21)22;/h4-10,18H,3,11-12H2,1-2H3,(H2,23,24,25);1H. The molecule has 2 rings (SSSR count). The monoisotopic (exact) mass is 509 g/mol. The molecule has 154 valence electrons. The fraction of sp³-hybridized carbons (Fsp3) is 0.316. The third-order valence-electron chi connectivity index (χ3n) is 3.67. The molecule has 0 saturated carbocycles. The number of para-hydroxylation sites is 1. The molecule has 0 aliphatic heterocycles. The molecule has 0 aromatic heterocycles. The molecule has 0 unspecified atom stereocenters. The highest BCUT2D eigenvalue weighted by Gasteiger charge is 2.14. The van der Waals surface area contributed by atoms with Crippen LogP contribution in [0.5, 0.6) is 11.5 Å². The number of nitrogens with zero attached hydrogens (tertiary/aromatic N) is 1. The van der Waals surface area contributed by atoms with Crippen LogP contribution in [0.25, 0.3) is 0 Å². The molecule has 0 saturated heterocycles. The van der Waals surface area contributed by atoms with Gasteiger partial charge < -0.3 is 20.1 Å². The Labute approximate surface area is 179 Å². The molecule has 0 fully saturated rings. The maximum Gasteiger partial charge on any atom is 0.387 e. The van der Waals surface area contributed by atoms with E-state index in [0.29, 0.717) is 19.1 Å². The Morgan fingerprint density at radius 3 is 2.39 bits per heavy atom. The number of halogens is 4. The van der Waals surface area contributed by atoms with Crippen molar-refractivity contribution in [2.24, 2.45) is 4.99 Å². The van der Waals surface area contributed by atoms with Crippen LogP contribution >= 0.6 is 24.0 Å². The minimum Gasteiger partial charge on any atom is -0.494 e. The van der Waals surface area contributed by atoms with Gasteiger partial charge in [-0.2, -0.15) is 8.78 Å². The third kappa shape index (κ3) is 7.10. The second-order valence-electron chi connectivity index (χ2n) is 5.42. The molecule has 5 nitrogen and oxygen atoms in total. The van der Waals surface area contributed by atoms with Crippen LogP contribution in [0.2, 0.25) is 0 Å². The van der Waals surface area contributed by atoms with Crippen molar-refractivity contribution in [2.75, 3.05) is 13.7 Å². The van der Waals surface area contributed by atoms with Gasteiger partial charge in [-0.3, -0.25) is 4.99 Å². The van der Waals surface area contributed by atoms with Crippen molar-refractivity contribution in [3.05, 3.63) is 59.4 Å². The molecule has 0 atom stereocenters. The normalized spacial score (nSPS) is 11.0. The van der Waals surface area contributed by atoms with Gasteiger partial charge >= 0.3 is 6.61 Å². The number of nitrogens with one attached hydrogen (secondary N) is 2. The van der Waals surface area contributed by atoms with E-state index in [0.717, 1.165) is 11.3 Å². The van der Waals surface area contributed by atoms with Crippen molar-refractivity contribution in [1.29, 1.82) is 0 Å². The molecule has 0 spiro atoms. The fourth-order valence-electron chi connectivity index (χ4n) is 2.43. The summed E-state index contributed by atoms with van der Waals surface area (Å²) in [5.74, 6) is 0.282. The van der Waals surface area contributed by atoms with E-state index >= 15 is 0 Å². The van der Waals surface area contributed by atoms with Crippen LogP contribution in [0, 0.1) is 5.82 Å². The molecule has 2 aromatic rings. The first-order valence-corrected chi connectivity index (χ1v) is 8.42. The Bertz CT molecular complexity index is 776. The van der Waals surface area contributed by atoms with E-state index in [4.69, 9.17) is 4.74 Å². The predicted octanol–water partition coefficient (Wildman–Crippen LogP) is 4.31. The molecule has 0 amide bonds. The predicted molar refractivity (Wildman–Crippen MR) is 113 cm³/mol. The van der Waals surface area contributed by atoms with Crippen molar-refractivity contribution in [3.63, 3.8) is 0 Å². The van der Waals surface area contributed by atoms with Gasteiger partial charge in [-0.25, -0.2) is 4.39 Å². The first-order chi connectivity index (χ1) is 13.0. The van der Waals surface area contributed by atoms with Crippen molar-refractivity contribution in [2.45, 2.75) is 26.6 Å². The maximum absolute atomic E-state index is 14.0. The molecule has 0 radical (unpaired) electrons. The summed E-state index contributed by atoms with van der Waals surface area (Å²) < 4.78 is 48.9. The zero-order valence-corrected chi connectivity index (χ0v) is 17.9. The lowest BCUT2D eigenvalue weighted by atomic mass is 10.2. The Morgan fingerprint density at radius 2 is 1.71 bits per heavy atom. The van der Waals surface area contributed by atoms with E-state index in [1.54, 1.807) is 7.05 Å². The fourth-order valence-corrected chi connectivity index (χ4v) is 2.43. The van der Waals surface area contributed by atoms with Gasteiger partial charge in [-0.05, 0) is 25.1 Å². The van der Waals surface area contributed by atoms with Gasteiger partial charge in [0.2, 0.25) is 0 Å². The summed E-state index contributed by atoms with van der Waals surface area (Å²) in [7, 11) is 1.56. The Hall–Kier alpha value is -2.17. The van der Waals surface area contributed by atoms with E-state index in [-0.39, 0.29) is 41.8 Å². The van der Waals surface area contributed by atoms with Crippen LogP contribution in [0.4, 0.5) is 13.2 Å². The number of benzene rings is 2. The average molecular weight is 509 g/mol. The topological polar surface area (TPSA) is 54.9 Å². The second kappa shape index (κ2) is 12.3. The summed E-state index contributed by atoms with van der Waals surface area (Å²) in [6, 6.07) is 11.3. The molecule has 2 N–H and O–H groups in total. The van der Waals surface area contributed by atoms with Crippen LogP contribution in [-0.2, 0) is 13.1 Å². The molecule has 28 heavy (non-hydrogen) atoms. The molecular formula is C19H23F3IN3O2. The van der Waals surface area contributed by atoms with Gasteiger partial charge in [0.25, 0.3) is 0 Å². The number of ether oxygens (including phenoxy) is 2. The van der Waals surface area contributed by atoms with Crippen LogP contribution in [-0.4, -0.2) is 26.2 Å². The van der Waals surface area contributed by atoms with Gasteiger partial charge in [-0.15, -0.1) is 24.0 Å². The van der Waals surface area contributed by atoms with Crippen LogP contribution in [0.1, 0.15) is 18.1 Å². The molecular weight excluding hydrogens is 486 g/mol. The minimum atomic E-state index is -3.03. The van der Waals surface area contributed by atoms with Crippen LogP contribution < -0.4 is 20.1 Å². The Balaban J connectivity index is 0.00000392. The molecule has 0 aliphatic carbocycles. The van der Waals surface area contributed by atoms with Crippen molar-refractivity contribution in [1.82, 2.24) is 10.6 Å². The SMILES string of the molecule is CCOc1ccccc1CNC(=NC)NCc1c(F)cccc1OC(F)F.I. The largest absolute Gasteiger partial charge is 0.494 e. The number of hydrogen-bond donors (Lipinski definition) is 2. The van der Waals surface area contributed by atoms with Gasteiger partial charge in [0, 0.05) is 31.3 Å². The molecule has 0 bridgehead atoms. The number of alkyl halides is 2. The third-order valence-corrected chi connectivity index (χ3v) is 3.67. The quantitative estimate of drug-likeness (QED) is 0.317. The molecule has 0 aliphatic rings. The Morgan fingerprint density at radius 1 is 1.04 bits per heavy atom. The lowest BCUT2D eigenvalue weighted by Crippen LogP contribution is -2.36. The van der Waals surface area contributed by atoms with E-state index < -0.39 is 12.4 Å². The summed E-state index contributed by atoms with van der Waals surface area (Å²) in [5.41, 5.74) is 0.922. The highest BCUT2D eigenvalue weighted by Crippen LogP contribution is 2.23. The van der Waals surface area contributed by atoms with Crippen LogP contribution in [0.15, 0.2) is 47.5 Å². The smallest absolute Gasteiger partial charge is 0.387 e. The van der Waals surface area contributed by atoms with E-state index in [9.17, 15) is 13.2 Å². The molecule has 2 aromatic carbocycles. The minimum absolute atomic E-state index is 0. The number of hydrogen-bond acceptors (Lipinski definition) is 3. The summed E-state index contributed by atoms with van der Waals surface area (Å²) in [4.78, 5) is 4.06. The van der Waals surface area contributed by atoms with Gasteiger partial charge in [0.15, 0.2) is 5.96 Å². The summed E-state index contributed by atoms with van der Waals surface area (Å²) in [6.07, 6.45) is 0. The van der Waals surface area contributed by atoms with Crippen molar-refractivity contribution in [3.8, 4) is 11.5 Å². The molecule has 9 heteroatoms. The summed E-state index contributed by atoms with van der Waals surface area (Å²) in [5, 5.41) is 5.98. The van der Waals surface area contributed by atoms with E-state index in [2.05, 4.69) is 20.4 Å². The highest BCUT2D eigenvalue weighted by molar-refractivity contribution is 14.0. The van der Waals surface area contributed by atoms with Crippen molar-refractivity contribution >= 4 is 29.9 Å². The van der Waals surface area contributed by atoms with E-state index in [1.165, 1.54) is 18.2 Å². The Kier molecular flexibility index (Phi) is 10.5. The maximum atomic E-state index is 14.0. The first-order valence-electron chi connectivity index (χ1n) is 8.42. The highest BCUT2D eigenvalue weighted by atomic mass is 127. The lowest BCUT2D eigenvalue weighted by Gasteiger charge is -2.16. The van der Waals surface area contributed by atoms with Gasteiger partial charge in [-0.1, -0.05) is 24.3 Å². The molecule has 0 heterocycles. The summed E-state index contributed by atoms with van der Waals surface area (Å²) >= 11 is 0. The average Bonchev–Trinajstić information content (AvgIpc) is 2.64. The van der Waals surface area contributed by atoms with Gasteiger partial charge in [0.05, 0.1) is 6.61 Å². The first kappa shape index (κ1) is 23.9. The summed E-state index contributed by atoms with van der Waals surface area (Å²) in [6.45, 7) is -0.227. The zero-order valence-electron chi connectivity index (χ0n) is 15.5. The zero-order chi connectivity index (χ0) is 19.6. The second-order valence-corrected chi connectivity index (χ2v) is 5.42. The number of guanidine groups is 1. The van der Waals surface area contributed by atoms with Gasteiger partial charge in [0.1, 0.15) is 17.3 Å². The van der Waals surface area contributed by atoms with E-state index in [1.807, 2.05) is 31.2 Å². The van der Waals surface area contributed by atoms with Crippen molar-refractivity contribution < 1.29 is 22.6 Å². The lowest BCUT2D eigenvalue weighted by molar-refractivity contribution is -0.0506. The number of rotatable bonds is 8. The number of aliphatic imine (C=N–C) groups is 1. The van der Waals surface area contributed by atoms with Crippen LogP contribution in [0.3, 0.4) is 0 Å².